The summed E-state index contributed by atoms with van der Waals surface area (Å²) >= 11 is 0. The molecule has 0 rings (SSSR count). The first-order valence-corrected chi connectivity index (χ1v) is 3.73. The Morgan fingerprint density at radius 3 is 2.00 bits per heavy atom. The number of carbonyl (C=O) groups excluding carboxylic acids is 1. The van der Waals surface area contributed by atoms with Crippen LogP contribution < -0.4 is 5.73 Å². The summed E-state index contributed by atoms with van der Waals surface area (Å²) in [5.41, 5.74) is 3.39. The fourth-order valence-electron chi connectivity index (χ4n) is 0.743. The van der Waals surface area contributed by atoms with E-state index < -0.39 is 23.6 Å². The average Bonchev–Trinajstić information content (AvgIpc) is 1.99. The molecule has 0 aliphatic carbocycles. The molecule has 0 aromatic carbocycles. The third-order valence-corrected chi connectivity index (χ3v) is 2.10. The molecule has 0 aliphatic heterocycles. The lowest BCUT2D eigenvalue weighted by atomic mass is 9.75. The highest BCUT2D eigenvalue weighted by Gasteiger charge is 2.46. The van der Waals surface area contributed by atoms with Crippen molar-refractivity contribution in [1.29, 1.82) is 0 Å². The Labute approximate surface area is 72.1 Å². The minimum atomic E-state index is -1.54. The fourth-order valence-corrected chi connectivity index (χ4v) is 0.743. The zero-order chi connectivity index (χ0) is 9.99. The van der Waals surface area contributed by atoms with Crippen molar-refractivity contribution in [3.63, 3.8) is 0 Å². The second-order valence-corrected chi connectivity index (χ2v) is 3.85. The molecule has 1 atom stereocenters. The number of rotatable bonds is 2. The van der Waals surface area contributed by atoms with Crippen LogP contribution in [0.1, 0.15) is 20.8 Å². The molecule has 0 aliphatic rings. The predicted molar refractivity (Wildman–Crippen MR) is 44.4 cm³/mol. The van der Waals surface area contributed by atoms with Gasteiger partial charge in [-0.05, 0) is 5.41 Å². The number of alkyl halides is 1. The van der Waals surface area contributed by atoms with Crippen LogP contribution in [0.5, 0.6) is 0 Å². The van der Waals surface area contributed by atoms with E-state index in [4.69, 9.17) is 5.73 Å². The second kappa shape index (κ2) is 3.39. The SMILES string of the molecule is COC(=O)C(N)(CF)C(C)(C)C. The van der Waals surface area contributed by atoms with Gasteiger partial charge in [-0.25, -0.2) is 9.18 Å². The van der Waals surface area contributed by atoms with Gasteiger partial charge in [-0.1, -0.05) is 20.8 Å². The van der Waals surface area contributed by atoms with Crippen molar-refractivity contribution in [2.24, 2.45) is 11.1 Å². The zero-order valence-electron chi connectivity index (χ0n) is 7.98. The lowest BCUT2D eigenvalue weighted by Gasteiger charge is -2.36. The van der Waals surface area contributed by atoms with Gasteiger partial charge in [0.1, 0.15) is 12.2 Å². The predicted octanol–water partition coefficient (Wildman–Crippen LogP) is 0.872. The van der Waals surface area contributed by atoms with Crippen molar-refractivity contribution in [2.75, 3.05) is 13.8 Å². The third-order valence-electron chi connectivity index (χ3n) is 2.10. The van der Waals surface area contributed by atoms with E-state index in [1.54, 1.807) is 20.8 Å². The van der Waals surface area contributed by atoms with Crippen molar-refractivity contribution in [1.82, 2.24) is 0 Å². The van der Waals surface area contributed by atoms with Crippen molar-refractivity contribution in [3.8, 4) is 0 Å². The Morgan fingerprint density at radius 1 is 1.50 bits per heavy atom. The summed E-state index contributed by atoms with van der Waals surface area (Å²) in [7, 11) is 1.20. The number of halogens is 1. The Balaban J connectivity index is 4.80. The Morgan fingerprint density at radius 2 is 1.92 bits per heavy atom. The van der Waals surface area contributed by atoms with Crippen molar-refractivity contribution >= 4 is 5.97 Å². The monoisotopic (exact) mass is 177 g/mol. The van der Waals surface area contributed by atoms with Crippen LogP contribution in [-0.2, 0) is 9.53 Å². The van der Waals surface area contributed by atoms with Crippen molar-refractivity contribution in [2.45, 2.75) is 26.3 Å². The van der Waals surface area contributed by atoms with Crippen LogP contribution in [0.15, 0.2) is 0 Å². The standard InChI is InChI=1S/C8H16FNO2/c1-7(2,3)8(10,5-9)6(11)12-4/h5,10H2,1-4H3. The largest absolute Gasteiger partial charge is 0.468 e. The molecule has 0 fully saturated rings. The molecule has 72 valence electrons. The molecule has 0 aromatic heterocycles. The lowest BCUT2D eigenvalue weighted by molar-refractivity contribution is -0.152. The second-order valence-electron chi connectivity index (χ2n) is 3.85. The number of hydrogen-bond acceptors (Lipinski definition) is 3. The zero-order valence-corrected chi connectivity index (χ0v) is 7.98. The van der Waals surface area contributed by atoms with Gasteiger partial charge in [-0.15, -0.1) is 0 Å². The molecule has 3 nitrogen and oxygen atoms in total. The molecule has 0 radical (unpaired) electrons. The third kappa shape index (κ3) is 1.75. The van der Waals surface area contributed by atoms with E-state index in [0.29, 0.717) is 0 Å². The molecule has 0 saturated carbocycles. The topological polar surface area (TPSA) is 52.3 Å². The number of methoxy groups -OCH3 is 1. The van der Waals surface area contributed by atoms with Crippen LogP contribution in [0.3, 0.4) is 0 Å². The summed E-state index contributed by atoms with van der Waals surface area (Å²) in [6.45, 7) is 4.18. The molecule has 12 heavy (non-hydrogen) atoms. The lowest BCUT2D eigenvalue weighted by Crippen LogP contribution is -2.60. The Bertz CT molecular complexity index is 176. The Hall–Kier alpha value is -0.640. The van der Waals surface area contributed by atoms with Gasteiger partial charge in [-0.2, -0.15) is 0 Å². The van der Waals surface area contributed by atoms with Crippen molar-refractivity contribution < 1.29 is 13.9 Å². The van der Waals surface area contributed by atoms with E-state index in [-0.39, 0.29) is 0 Å². The van der Waals surface area contributed by atoms with E-state index in [9.17, 15) is 9.18 Å². The molecule has 1 unspecified atom stereocenters. The maximum Gasteiger partial charge on any atom is 0.329 e. The number of carbonyl (C=O) groups is 1. The minimum Gasteiger partial charge on any atom is -0.468 e. The minimum absolute atomic E-state index is 0.644. The highest BCUT2D eigenvalue weighted by molar-refractivity contribution is 5.81. The first kappa shape index (κ1) is 11.4. The number of nitrogens with two attached hydrogens (primary N) is 1. The average molecular weight is 177 g/mol. The van der Waals surface area contributed by atoms with Gasteiger partial charge in [0.15, 0.2) is 0 Å². The van der Waals surface area contributed by atoms with Gasteiger partial charge in [0.2, 0.25) is 0 Å². The number of esters is 1. The highest BCUT2D eigenvalue weighted by atomic mass is 19.1. The van der Waals surface area contributed by atoms with Crippen LogP contribution in [0.4, 0.5) is 4.39 Å². The molecule has 0 amide bonds. The molecule has 0 aromatic rings. The Kier molecular flexibility index (Phi) is 3.21. The summed E-state index contributed by atoms with van der Waals surface area (Å²) in [5.74, 6) is -0.711. The first-order valence-electron chi connectivity index (χ1n) is 3.73. The van der Waals surface area contributed by atoms with Crippen LogP contribution >= 0.6 is 0 Å². The first-order chi connectivity index (χ1) is 5.29. The van der Waals surface area contributed by atoms with Gasteiger partial charge in [0, 0.05) is 0 Å². The molecule has 2 N–H and O–H groups in total. The van der Waals surface area contributed by atoms with E-state index in [0.717, 1.165) is 0 Å². The number of ether oxygens (including phenoxy) is 1. The van der Waals surface area contributed by atoms with Gasteiger partial charge < -0.3 is 10.5 Å². The maximum atomic E-state index is 12.5. The summed E-state index contributed by atoms with van der Waals surface area (Å²) in [4.78, 5) is 11.1. The van der Waals surface area contributed by atoms with Gasteiger partial charge in [0.25, 0.3) is 0 Å². The summed E-state index contributed by atoms with van der Waals surface area (Å²) in [6.07, 6.45) is 0. The summed E-state index contributed by atoms with van der Waals surface area (Å²) < 4.78 is 17.0. The molecular weight excluding hydrogens is 161 g/mol. The van der Waals surface area contributed by atoms with Crippen LogP contribution in [0.2, 0.25) is 0 Å². The molecule has 0 spiro atoms. The fraction of sp³-hybridized carbons (Fsp3) is 0.875. The van der Waals surface area contributed by atoms with E-state index >= 15 is 0 Å². The molecule has 0 bridgehead atoms. The quantitative estimate of drug-likeness (QED) is 0.637. The van der Waals surface area contributed by atoms with Gasteiger partial charge in [-0.3, -0.25) is 0 Å². The number of hydrogen-bond donors (Lipinski definition) is 1. The van der Waals surface area contributed by atoms with E-state index in [2.05, 4.69) is 4.74 Å². The highest BCUT2D eigenvalue weighted by Crippen LogP contribution is 2.29. The smallest absolute Gasteiger partial charge is 0.329 e. The van der Waals surface area contributed by atoms with Crippen LogP contribution in [0.25, 0.3) is 0 Å². The molecular formula is C8H16FNO2. The van der Waals surface area contributed by atoms with E-state index in [1.807, 2.05) is 0 Å². The molecule has 0 heterocycles. The van der Waals surface area contributed by atoms with Gasteiger partial charge in [0.05, 0.1) is 7.11 Å². The summed E-state index contributed by atoms with van der Waals surface area (Å²) in [6, 6.07) is 0. The van der Waals surface area contributed by atoms with Gasteiger partial charge >= 0.3 is 5.97 Å². The van der Waals surface area contributed by atoms with Crippen molar-refractivity contribution in [3.05, 3.63) is 0 Å². The summed E-state index contributed by atoms with van der Waals surface area (Å²) in [5, 5.41) is 0. The maximum absolute atomic E-state index is 12.5. The van der Waals surface area contributed by atoms with Crippen LogP contribution in [0, 0.1) is 5.41 Å². The molecule has 0 saturated heterocycles. The van der Waals surface area contributed by atoms with E-state index in [1.165, 1.54) is 7.11 Å². The normalized spacial score (nSPS) is 16.8. The molecule has 4 heteroatoms. The van der Waals surface area contributed by atoms with Crippen LogP contribution in [-0.4, -0.2) is 25.3 Å².